The largest absolute Gasteiger partial charge is 0.403 e. The standard InChI is InChI=1S/C16H28F3N3O/c1-13(16(17,18)19)21-7-9-22(10-8-21)14(23)11-15(12-20)5-3-2-4-6-15/h13H,2-12,20H2,1H3. The number of carbonyl (C=O) groups excluding carboxylic acids is 1. The molecule has 2 fully saturated rings. The van der Waals surface area contributed by atoms with Gasteiger partial charge < -0.3 is 10.6 Å². The molecule has 1 saturated carbocycles. The van der Waals surface area contributed by atoms with Gasteiger partial charge in [-0.05, 0) is 31.7 Å². The molecule has 2 N–H and O–H groups in total. The number of rotatable bonds is 4. The first-order chi connectivity index (χ1) is 10.8. The van der Waals surface area contributed by atoms with E-state index in [4.69, 9.17) is 5.73 Å². The van der Waals surface area contributed by atoms with E-state index in [1.54, 1.807) is 4.90 Å². The molecule has 23 heavy (non-hydrogen) atoms. The van der Waals surface area contributed by atoms with Crippen LogP contribution in [-0.2, 0) is 4.79 Å². The molecule has 0 radical (unpaired) electrons. The van der Waals surface area contributed by atoms with Crippen LogP contribution in [-0.4, -0.2) is 60.6 Å². The fourth-order valence-electron chi connectivity index (χ4n) is 3.75. The van der Waals surface area contributed by atoms with Crippen molar-refractivity contribution in [1.82, 2.24) is 9.80 Å². The van der Waals surface area contributed by atoms with Gasteiger partial charge in [-0.25, -0.2) is 0 Å². The highest BCUT2D eigenvalue weighted by molar-refractivity contribution is 5.77. The summed E-state index contributed by atoms with van der Waals surface area (Å²) >= 11 is 0. The zero-order valence-corrected chi connectivity index (χ0v) is 13.9. The van der Waals surface area contributed by atoms with Crippen LogP contribution in [0, 0.1) is 5.41 Å². The summed E-state index contributed by atoms with van der Waals surface area (Å²) in [7, 11) is 0. The van der Waals surface area contributed by atoms with Crippen LogP contribution in [0.2, 0.25) is 0 Å². The molecule has 1 heterocycles. The third-order valence-electron chi connectivity index (χ3n) is 5.56. The quantitative estimate of drug-likeness (QED) is 0.858. The van der Waals surface area contributed by atoms with Gasteiger partial charge in [0.2, 0.25) is 5.91 Å². The van der Waals surface area contributed by atoms with E-state index in [1.807, 2.05) is 0 Å². The van der Waals surface area contributed by atoms with E-state index in [9.17, 15) is 18.0 Å². The highest BCUT2D eigenvalue weighted by Gasteiger charge is 2.41. The van der Waals surface area contributed by atoms with Crippen molar-refractivity contribution in [3.8, 4) is 0 Å². The van der Waals surface area contributed by atoms with Gasteiger partial charge in [-0.3, -0.25) is 9.69 Å². The lowest BCUT2D eigenvalue weighted by Crippen LogP contribution is -2.55. The molecule has 1 unspecified atom stereocenters. The van der Waals surface area contributed by atoms with Crippen LogP contribution in [0.15, 0.2) is 0 Å². The summed E-state index contributed by atoms with van der Waals surface area (Å²) in [5.74, 6) is 0.0525. The summed E-state index contributed by atoms with van der Waals surface area (Å²) in [6.45, 7) is 3.01. The molecule has 0 aromatic rings. The number of carbonyl (C=O) groups is 1. The van der Waals surface area contributed by atoms with Gasteiger partial charge in [-0.1, -0.05) is 19.3 Å². The number of nitrogens with two attached hydrogens (primary N) is 1. The van der Waals surface area contributed by atoms with E-state index < -0.39 is 12.2 Å². The Kier molecular flexibility index (Phi) is 5.94. The molecule has 0 aromatic carbocycles. The summed E-state index contributed by atoms with van der Waals surface area (Å²) in [4.78, 5) is 15.7. The zero-order chi connectivity index (χ0) is 17.1. The maximum atomic E-state index is 12.8. The van der Waals surface area contributed by atoms with Gasteiger partial charge in [0.1, 0.15) is 6.04 Å². The maximum absolute atomic E-state index is 12.8. The molecule has 7 heteroatoms. The van der Waals surface area contributed by atoms with Crippen LogP contribution in [0.4, 0.5) is 13.2 Å². The van der Waals surface area contributed by atoms with Crippen LogP contribution in [0.25, 0.3) is 0 Å². The average Bonchev–Trinajstić information content (AvgIpc) is 2.54. The molecule has 1 saturated heterocycles. The molecule has 1 aliphatic heterocycles. The predicted octanol–water partition coefficient (Wildman–Crippen LogP) is 2.38. The molecule has 1 aliphatic carbocycles. The molecule has 2 rings (SSSR count). The fraction of sp³-hybridized carbons (Fsp3) is 0.938. The van der Waals surface area contributed by atoms with Gasteiger partial charge in [0.05, 0.1) is 0 Å². The zero-order valence-electron chi connectivity index (χ0n) is 13.9. The third kappa shape index (κ3) is 4.59. The lowest BCUT2D eigenvalue weighted by molar-refractivity contribution is -0.183. The van der Waals surface area contributed by atoms with Crippen molar-refractivity contribution < 1.29 is 18.0 Å². The number of hydrogen-bond acceptors (Lipinski definition) is 3. The minimum Gasteiger partial charge on any atom is -0.340 e. The SMILES string of the molecule is CC(N1CCN(C(=O)CC2(CN)CCCCC2)CC1)C(F)(F)F. The van der Waals surface area contributed by atoms with Crippen molar-refractivity contribution in [1.29, 1.82) is 0 Å². The highest BCUT2D eigenvalue weighted by atomic mass is 19.4. The minimum absolute atomic E-state index is 0.0525. The van der Waals surface area contributed by atoms with Gasteiger partial charge in [-0.15, -0.1) is 0 Å². The molecule has 0 spiro atoms. The van der Waals surface area contributed by atoms with Crippen molar-refractivity contribution >= 4 is 5.91 Å². The normalized spacial score (nSPS) is 24.5. The van der Waals surface area contributed by atoms with Crippen molar-refractivity contribution in [2.45, 2.75) is 57.7 Å². The van der Waals surface area contributed by atoms with E-state index in [-0.39, 0.29) is 24.4 Å². The first-order valence-corrected chi connectivity index (χ1v) is 8.56. The number of piperazine rings is 1. The second-order valence-electron chi connectivity index (χ2n) is 7.08. The van der Waals surface area contributed by atoms with Gasteiger partial charge >= 0.3 is 6.18 Å². The summed E-state index contributed by atoms with van der Waals surface area (Å²) in [5, 5.41) is 0. The van der Waals surface area contributed by atoms with Gasteiger partial charge in [0.25, 0.3) is 0 Å². The van der Waals surface area contributed by atoms with Crippen LogP contribution in [0.3, 0.4) is 0 Å². The number of hydrogen-bond donors (Lipinski definition) is 1. The molecule has 0 bridgehead atoms. The fourth-order valence-corrected chi connectivity index (χ4v) is 3.75. The Balaban J connectivity index is 1.86. The topological polar surface area (TPSA) is 49.6 Å². The molecular weight excluding hydrogens is 307 g/mol. The molecule has 134 valence electrons. The monoisotopic (exact) mass is 335 g/mol. The van der Waals surface area contributed by atoms with Crippen molar-refractivity contribution in [2.75, 3.05) is 32.7 Å². The lowest BCUT2D eigenvalue weighted by Gasteiger charge is -2.41. The number of nitrogens with zero attached hydrogens (tertiary/aromatic N) is 2. The van der Waals surface area contributed by atoms with Gasteiger partial charge in [-0.2, -0.15) is 13.2 Å². The summed E-state index contributed by atoms with van der Waals surface area (Å²) in [5.41, 5.74) is 5.83. The van der Waals surface area contributed by atoms with E-state index in [1.165, 1.54) is 18.2 Å². The van der Waals surface area contributed by atoms with Crippen LogP contribution >= 0.6 is 0 Å². The smallest absolute Gasteiger partial charge is 0.340 e. The van der Waals surface area contributed by atoms with Crippen LogP contribution in [0.1, 0.15) is 45.4 Å². The lowest BCUT2D eigenvalue weighted by atomic mass is 9.71. The first kappa shape index (κ1) is 18.5. The van der Waals surface area contributed by atoms with E-state index in [0.717, 1.165) is 25.7 Å². The van der Waals surface area contributed by atoms with E-state index in [2.05, 4.69) is 0 Å². The third-order valence-corrected chi connectivity index (χ3v) is 5.56. The number of alkyl halides is 3. The molecule has 1 amide bonds. The molecule has 1 atom stereocenters. The predicted molar refractivity (Wildman–Crippen MR) is 82.9 cm³/mol. The van der Waals surface area contributed by atoms with Crippen LogP contribution < -0.4 is 5.73 Å². The van der Waals surface area contributed by atoms with E-state index >= 15 is 0 Å². The molecule has 4 nitrogen and oxygen atoms in total. The Labute approximate surface area is 136 Å². The summed E-state index contributed by atoms with van der Waals surface area (Å²) in [6, 6.07) is -1.45. The summed E-state index contributed by atoms with van der Waals surface area (Å²) in [6.07, 6.45) is 1.63. The molecule has 2 aliphatic rings. The Hall–Kier alpha value is -0.820. The van der Waals surface area contributed by atoms with Crippen LogP contribution in [0.5, 0.6) is 0 Å². The number of amides is 1. The van der Waals surface area contributed by atoms with Crippen molar-refractivity contribution in [2.24, 2.45) is 11.1 Å². The Morgan fingerprint density at radius 1 is 1.13 bits per heavy atom. The Morgan fingerprint density at radius 2 is 1.70 bits per heavy atom. The Morgan fingerprint density at radius 3 is 2.17 bits per heavy atom. The maximum Gasteiger partial charge on any atom is 0.403 e. The molecular formula is C16H28F3N3O. The second kappa shape index (κ2) is 7.38. The molecule has 0 aromatic heterocycles. The van der Waals surface area contributed by atoms with Gasteiger partial charge in [0.15, 0.2) is 0 Å². The van der Waals surface area contributed by atoms with E-state index in [0.29, 0.717) is 26.1 Å². The first-order valence-electron chi connectivity index (χ1n) is 8.56. The Bertz CT molecular complexity index is 400. The van der Waals surface area contributed by atoms with Crippen molar-refractivity contribution in [3.05, 3.63) is 0 Å². The van der Waals surface area contributed by atoms with Crippen molar-refractivity contribution in [3.63, 3.8) is 0 Å². The van der Waals surface area contributed by atoms with Gasteiger partial charge in [0, 0.05) is 32.6 Å². The minimum atomic E-state index is -4.21. The highest BCUT2D eigenvalue weighted by Crippen LogP contribution is 2.39. The summed E-state index contributed by atoms with van der Waals surface area (Å²) < 4.78 is 38.3. The number of halogens is 3. The average molecular weight is 335 g/mol. The second-order valence-corrected chi connectivity index (χ2v) is 7.08.